The molecule has 10 heteroatoms. The van der Waals surface area contributed by atoms with Gasteiger partial charge >= 0.3 is 12.1 Å². The third kappa shape index (κ3) is 2.98. The van der Waals surface area contributed by atoms with Crippen LogP contribution in [0, 0.1) is 10.1 Å². The van der Waals surface area contributed by atoms with E-state index in [4.69, 9.17) is 11.6 Å². The molecule has 0 aliphatic carbocycles. The maximum absolute atomic E-state index is 12.8. The Balaban J connectivity index is 3.32. The number of nitro groups is 1. The number of Topliss-reactive ketones (excluding diaryl/α,β-unsaturated/α-hetero) is 1. The van der Waals surface area contributed by atoms with Crippen LogP contribution in [0.25, 0.3) is 0 Å². The molecular formula is C9H3ClF5NO3. The fraction of sp³-hybridized carbons (Fsp3) is 0.222. The monoisotopic (exact) mass is 303 g/mol. The third-order valence-corrected chi connectivity index (χ3v) is 2.21. The summed E-state index contributed by atoms with van der Waals surface area (Å²) >= 11 is 5.32. The zero-order chi connectivity index (χ0) is 15.0. The first kappa shape index (κ1) is 15.3. The van der Waals surface area contributed by atoms with Gasteiger partial charge in [0.1, 0.15) is 0 Å². The SMILES string of the molecule is O=C(c1cc(Cl)cc([N+](=O)[O-])c1)C(F)(F)C(F)(F)F. The quantitative estimate of drug-likeness (QED) is 0.371. The number of rotatable bonds is 3. The maximum atomic E-state index is 12.8. The van der Waals surface area contributed by atoms with Crippen LogP contribution in [0.1, 0.15) is 10.4 Å². The lowest BCUT2D eigenvalue weighted by atomic mass is 10.0. The van der Waals surface area contributed by atoms with Crippen molar-refractivity contribution in [2.75, 3.05) is 0 Å². The molecule has 19 heavy (non-hydrogen) atoms. The molecular weight excluding hydrogens is 301 g/mol. The molecule has 0 radical (unpaired) electrons. The van der Waals surface area contributed by atoms with Gasteiger partial charge in [-0.05, 0) is 6.07 Å². The Labute approximate surface area is 106 Å². The summed E-state index contributed by atoms with van der Waals surface area (Å²) in [5.74, 6) is -8.25. The summed E-state index contributed by atoms with van der Waals surface area (Å²) < 4.78 is 61.5. The normalized spacial score (nSPS) is 12.3. The fourth-order valence-corrected chi connectivity index (χ4v) is 1.35. The minimum Gasteiger partial charge on any atom is -0.287 e. The Morgan fingerprint density at radius 1 is 1.16 bits per heavy atom. The summed E-state index contributed by atoms with van der Waals surface area (Å²) in [6.07, 6.45) is -6.10. The lowest BCUT2D eigenvalue weighted by Gasteiger charge is -2.18. The molecule has 0 N–H and O–H groups in total. The van der Waals surface area contributed by atoms with E-state index in [1.165, 1.54) is 0 Å². The average Bonchev–Trinajstić information content (AvgIpc) is 2.25. The smallest absolute Gasteiger partial charge is 0.287 e. The van der Waals surface area contributed by atoms with Gasteiger partial charge < -0.3 is 0 Å². The van der Waals surface area contributed by atoms with Crippen molar-refractivity contribution < 1.29 is 31.7 Å². The van der Waals surface area contributed by atoms with Crippen LogP contribution in [0.3, 0.4) is 0 Å². The summed E-state index contributed by atoms with van der Waals surface area (Å²) in [6.45, 7) is 0. The van der Waals surface area contributed by atoms with Gasteiger partial charge in [0.05, 0.1) is 4.92 Å². The van der Waals surface area contributed by atoms with Crippen LogP contribution < -0.4 is 0 Å². The summed E-state index contributed by atoms with van der Waals surface area (Å²) in [5.41, 5.74) is -2.06. The van der Waals surface area contributed by atoms with Gasteiger partial charge in [0.2, 0.25) is 5.78 Å². The van der Waals surface area contributed by atoms with Crippen LogP contribution in [0.2, 0.25) is 5.02 Å². The zero-order valence-electron chi connectivity index (χ0n) is 8.67. The second-order valence-electron chi connectivity index (χ2n) is 3.36. The molecule has 4 nitrogen and oxygen atoms in total. The lowest BCUT2D eigenvalue weighted by molar-refractivity contribution is -0.384. The predicted octanol–water partition coefficient (Wildman–Crippen LogP) is 3.63. The highest BCUT2D eigenvalue weighted by atomic mass is 35.5. The summed E-state index contributed by atoms with van der Waals surface area (Å²) in [7, 11) is 0. The Hall–Kier alpha value is -1.77. The first-order chi connectivity index (χ1) is 8.46. The van der Waals surface area contributed by atoms with Crippen molar-refractivity contribution in [1.29, 1.82) is 0 Å². The summed E-state index contributed by atoms with van der Waals surface area (Å²) in [5, 5.41) is 9.90. The minimum absolute atomic E-state index is 0.299. The Morgan fingerprint density at radius 2 is 1.68 bits per heavy atom. The molecule has 0 aromatic heterocycles. The Kier molecular flexibility index (Phi) is 3.80. The molecule has 1 rings (SSSR count). The standard InChI is InChI=1S/C9H3ClF5NO3/c10-5-1-4(2-6(3-5)16(18)19)7(17)8(11,12)9(13,14)15/h1-3H. The predicted molar refractivity (Wildman–Crippen MR) is 53.4 cm³/mol. The van der Waals surface area contributed by atoms with Crippen LogP contribution in [0.4, 0.5) is 27.6 Å². The number of hydrogen-bond donors (Lipinski definition) is 0. The number of non-ortho nitro benzene ring substituents is 1. The number of benzene rings is 1. The van der Waals surface area contributed by atoms with Crippen molar-refractivity contribution in [2.45, 2.75) is 12.1 Å². The van der Waals surface area contributed by atoms with Crippen molar-refractivity contribution >= 4 is 23.1 Å². The van der Waals surface area contributed by atoms with Gasteiger partial charge in [0.15, 0.2) is 0 Å². The second-order valence-corrected chi connectivity index (χ2v) is 3.79. The van der Waals surface area contributed by atoms with Crippen LogP contribution in [-0.2, 0) is 0 Å². The van der Waals surface area contributed by atoms with Gasteiger partial charge in [-0.25, -0.2) is 0 Å². The topological polar surface area (TPSA) is 60.2 Å². The van der Waals surface area contributed by atoms with Crippen molar-refractivity contribution in [1.82, 2.24) is 0 Å². The molecule has 0 aliphatic rings. The van der Waals surface area contributed by atoms with Crippen molar-refractivity contribution in [3.05, 3.63) is 38.9 Å². The van der Waals surface area contributed by atoms with Crippen LogP contribution in [0.5, 0.6) is 0 Å². The minimum atomic E-state index is -6.10. The van der Waals surface area contributed by atoms with Gasteiger partial charge in [-0.1, -0.05) is 11.6 Å². The van der Waals surface area contributed by atoms with Gasteiger partial charge in [-0.2, -0.15) is 22.0 Å². The largest absolute Gasteiger partial charge is 0.461 e. The molecule has 0 bridgehead atoms. The zero-order valence-corrected chi connectivity index (χ0v) is 9.43. The molecule has 104 valence electrons. The highest BCUT2D eigenvalue weighted by Crippen LogP contribution is 2.38. The van der Waals surface area contributed by atoms with E-state index in [0.29, 0.717) is 18.2 Å². The number of carbonyl (C=O) groups is 1. The summed E-state index contributed by atoms with van der Waals surface area (Å²) in [4.78, 5) is 20.4. The van der Waals surface area contributed by atoms with Gasteiger partial charge in [0, 0.05) is 22.7 Å². The fourth-order valence-electron chi connectivity index (χ4n) is 1.12. The van der Waals surface area contributed by atoms with E-state index in [9.17, 15) is 36.9 Å². The first-order valence-corrected chi connectivity index (χ1v) is 4.79. The molecule has 0 saturated carbocycles. The molecule has 1 aromatic carbocycles. The van der Waals surface area contributed by atoms with E-state index in [1.807, 2.05) is 0 Å². The van der Waals surface area contributed by atoms with Crippen molar-refractivity contribution in [2.24, 2.45) is 0 Å². The van der Waals surface area contributed by atoms with E-state index in [0.717, 1.165) is 0 Å². The van der Waals surface area contributed by atoms with E-state index in [-0.39, 0.29) is 0 Å². The highest BCUT2D eigenvalue weighted by Gasteiger charge is 2.63. The number of alkyl halides is 5. The number of carbonyl (C=O) groups excluding carboxylic acids is 1. The van der Waals surface area contributed by atoms with Gasteiger partial charge in [-0.3, -0.25) is 14.9 Å². The molecule has 0 unspecified atom stereocenters. The lowest BCUT2D eigenvalue weighted by Crippen LogP contribution is -2.44. The Bertz CT molecular complexity index is 543. The molecule has 0 fully saturated rings. The van der Waals surface area contributed by atoms with Crippen molar-refractivity contribution in [3.63, 3.8) is 0 Å². The molecule has 0 aliphatic heterocycles. The molecule has 0 saturated heterocycles. The average molecular weight is 304 g/mol. The molecule has 0 atom stereocenters. The van der Waals surface area contributed by atoms with E-state index in [2.05, 4.69) is 0 Å². The molecule has 0 heterocycles. The van der Waals surface area contributed by atoms with Crippen molar-refractivity contribution in [3.8, 4) is 0 Å². The van der Waals surface area contributed by atoms with E-state index < -0.39 is 39.1 Å². The Morgan fingerprint density at radius 3 is 2.11 bits per heavy atom. The highest BCUT2D eigenvalue weighted by molar-refractivity contribution is 6.31. The summed E-state index contributed by atoms with van der Waals surface area (Å²) in [6, 6.07) is 1.51. The second kappa shape index (κ2) is 4.72. The number of nitrogens with zero attached hydrogens (tertiary/aromatic N) is 1. The first-order valence-electron chi connectivity index (χ1n) is 4.41. The van der Waals surface area contributed by atoms with Crippen LogP contribution in [0.15, 0.2) is 18.2 Å². The number of ketones is 1. The molecule has 1 aromatic rings. The maximum Gasteiger partial charge on any atom is 0.461 e. The number of nitro benzene ring substituents is 1. The molecule has 0 amide bonds. The van der Waals surface area contributed by atoms with Gasteiger partial charge in [0.25, 0.3) is 5.69 Å². The number of halogens is 6. The third-order valence-electron chi connectivity index (χ3n) is 2.00. The van der Waals surface area contributed by atoms with Gasteiger partial charge in [-0.15, -0.1) is 0 Å². The van der Waals surface area contributed by atoms with Crippen LogP contribution in [-0.4, -0.2) is 22.8 Å². The number of hydrogen-bond acceptors (Lipinski definition) is 3. The molecule has 0 spiro atoms. The van der Waals surface area contributed by atoms with Crippen LogP contribution >= 0.6 is 11.6 Å². The van der Waals surface area contributed by atoms with E-state index >= 15 is 0 Å². The van der Waals surface area contributed by atoms with E-state index in [1.54, 1.807) is 0 Å².